The molecule has 0 aliphatic rings. The molecule has 2 heterocycles. The molecule has 0 aliphatic heterocycles. The van der Waals surface area contributed by atoms with E-state index < -0.39 is 20.6 Å². The van der Waals surface area contributed by atoms with Crippen molar-refractivity contribution in [1.29, 1.82) is 0 Å². The Labute approximate surface area is 212 Å². The van der Waals surface area contributed by atoms with Gasteiger partial charge in [-0.2, -0.15) is 0 Å². The molecule has 0 unspecified atom stereocenters. The summed E-state index contributed by atoms with van der Waals surface area (Å²) in [4.78, 5) is 0. The van der Waals surface area contributed by atoms with Gasteiger partial charge >= 0.3 is 0 Å². The summed E-state index contributed by atoms with van der Waals surface area (Å²) in [6, 6.07) is 21.2. The van der Waals surface area contributed by atoms with Crippen LogP contribution >= 0.6 is 0 Å². The van der Waals surface area contributed by atoms with Gasteiger partial charge in [0.1, 0.15) is 18.2 Å². The van der Waals surface area contributed by atoms with Crippen LogP contribution in [0.15, 0.2) is 83.4 Å². The first kappa shape index (κ1) is 13.1. The SMILES string of the molecule is [2H]C([2H])([2H])c1c[n+](C)c(-c2c(C)cc(C([2H])([2H])[2H])c3c2oc2c4ccccc4c(C([2H])([2H])[2H])cc23)cc1-c1ccccc1. The van der Waals surface area contributed by atoms with E-state index in [2.05, 4.69) is 0 Å². The maximum Gasteiger partial charge on any atom is 0.216 e. The summed E-state index contributed by atoms with van der Waals surface area (Å²) in [6.07, 6.45) is 1.58. The number of furan rings is 1. The predicted molar refractivity (Wildman–Crippen MR) is 142 cm³/mol. The minimum absolute atomic E-state index is 0.0549. The zero-order valence-corrected chi connectivity index (χ0v) is 18.9. The molecule has 0 saturated heterocycles. The third-order valence-corrected chi connectivity index (χ3v) is 6.56. The Kier molecular flexibility index (Phi) is 2.91. The highest BCUT2D eigenvalue weighted by molar-refractivity contribution is 6.19. The van der Waals surface area contributed by atoms with Crippen molar-refractivity contribution >= 4 is 32.7 Å². The lowest BCUT2D eigenvalue weighted by atomic mass is 9.93. The average Bonchev–Trinajstić information content (AvgIpc) is 3.30. The number of aryl methyl sites for hydroxylation is 5. The van der Waals surface area contributed by atoms with Gasteiger partial charge in [0.25, 0.3) is 0 Å². The summed E-state index contributed by atoms with van der Waals surface area (Å²) in [5.74, 6) is 0. The Hall–Kier alpha value is -3.91. The van der Waals surface area contributed by atoms with Crippen LogP contribution in [-0.2, 0) is 7.05 Å². The molecule has 0 amide bonds. The van der Waals surface area contributed by atoms with Crippen LogP contribution in [0.5, 0.6) is 0 Å². The van der Waals surface area contributed by atoms with E-state index in [4.69, 9.17) is 16.8 Å². The van der Waals surface area contributed by atoms with Gasteiger partial charge in [0.15, 0.2) is 6.20 Å². The largest absolute Gasteiger partial charge is 0.454 e. The van der Waals surface area contributed by atoms with Crippen molar-refractivity contribution in [1.82, 2.24) is 0 Å². The smallest absolute Gasteiger partial charge is 0.216 e. The van der Waals surface area contributed by atoms with Gasteiger partial charge in [-0.3, -0.25) is 0 Å². The highest BCUT2D eigenvalue weighted by Gasteiger charge is 2.24. The van der Waals surface area contributed by atoms with Crippen molar-refractivity contribution in [3.63, 3.8) is 0 Å². The van der Waals surface area contributed by atoms with Gasteiger partial charge in [0.2, 0.25) is 5.69 Å². The first-order valence-corrected chi connectivity index (χ1v) is 11.1. The van der Waals surface area contributed by atoms with Gasteiger partial charge in [0, 0.05) is 40.1 Å². The maximum atomic E-state index is 8.38. The zero-order valence-electron chi connectivity index (χ0n) is 27.9. The Morgan fingerprint density at radius 1 is 0.706 bits per heavy atom. The highest BCUT2D eigenvalue weighted by atomic mass is 16.3. The van der Waals surface area contributed by atoms with E-state index in [9.17, 15) is 0 Å². The van der Waals surface area contributed by atoms with Crippen LogP contribution in [0.25, 0.3) is 55.1 Å². The van der Waals surface area contributed by atoms with Crippen LogP contribution in [0, 0.1) is 27.5 Å². The lowest BCUT2D eigenvalue weighted by Gasteiger charge is -2.11. The van der Waals surface area contributed by atoms with Gasteiger partial charge in [0.05, 0.1) is 5.56 Å². The van der Waals surface area contributed by atoms with E-state index in [1.165, 1.54) is 6.07 Å². The van der Waals surface area contributed by atoms with Crippen LogP contribution in [0.4, 0.5) is 0 Å². The van der Waals surface area contributed by atoms with Crippen molar-refractivity contribution in [3.05, 3.63) is 101 Å². The molecule has 0 saturated carbocycles. The summed E-state index contributed by atoms with van der Waals surface area (Å²) in [5, 5.41) is 1.78. The monoisotopic (exact) mass is 451 g/mol. The number of pyridine rings is 1. The topological polar surface area (TPSA) is 17.0 Å². The Morgan fingerprint density at radius 2 is 1.44 bits per heavy atom. The van der Waals surface area contributed by atoms with E-state index >= 15 is 0 Å². The first-order chi connectivity index (χ1) is 20.1. The number of fused-ring (bicyclic) bond motifs is 5. The van der Waals surface area contributed by atoms with E-state index in [1.807, 2.05) is 30.3 Å². The Morgan fingerprint density at radius 3 is 2.21 bits per heavy atom. The molecule has 2 heteroatoms. The first-order valence-electron chi connectivity index (χ1n) is 15.6. The summed E-state index contributed by atoms with van der Waals surface area (Å²) in [5.41, 5.74) is 4.10. The fourth-order valence-electron chi connectivity index (χ4n) is 4.98. The van der Waals surface area contributed by atoms with Crippen LogP contribution < -0.4 is 4.57 Å². The second-order valence-corrected chi connectivity index (χ2v) is 8.73. The summed E-state index contributed by atoms with van der Waals surface area (Å²) >= 11 is 0. The van der Waals surface area contributed by atoms with E-state index in [0.29, 0.717) is 55.1 Å². The van der Waals surface area contributed by atoms with E-state index in [0.717, 1.165) is 5.56 Å². The molecule has 166 valence electrons. The minimum atomic E-state index is -2.52. The van der Waals surface area contributed by atoms with Crippen molar-refractivity contribution in [2.24, 2.45) is 7.05 Å². The van der Waals surface area contributed by atoms with Gasteiger partial charge in [-0.15, -0.1) is 0 Å². The number of benzene rings is 4. The zero-order chi connectivity index (χ0) is 31.1. The number of aromatic nitrogens is 1. The lowest BCUT2D eigenvalue weighted by molar-refractivity contribution is -0.660. The molecule has 0 fully saturated rings. The summed E-state index contributed by atoms with van der Waals surface area (Å²) < 4.78 is 82.8. The summed E-state index contributed by atoms with van der Waals surface area (Å²) in [7, 11) is 1.74. The van der Waals surface area contributed by atoms with Gasteiger partial charge < -0.3 is 4.42 Å². The number of rotatable bonds is 2. The minimum Gasteiger partial charge on any atom is -0.454 e. The van der Waals surface area contributed by atoms with Gasteiger partial charge in [-0.25, -0.2) is 4.57 Å². The number of hydrogen-bond acceptors (Lipinski definition) is 1. The highest BCUT2D eigenvalue weighted by Crippen LogP contribution is 2.42. The molecule has 34 heavy (non-hydrogen) atoms. The Balaban J connectivity index is 1.80. The van der Waals surface area contributed by atoms with Crippen LogP contribution in [0.2, 0.25) is 0 Å². The molecule has 4 aromatic carbocycles. The number of hydrogen-bond donors (Lipinski definition) is 0. The molecule has 0 bridgehead atoms. The Bertz CT molecular complexity index is 2050. The van der Waals surface area contributed by atoms with Gasteiger partial charge in [-0.05, 0) is 66.7 Å². The van der Waals surface area contributed by atoms with Crippen molar-refractivity contribution < 1.29 is 21.3 Å². The molecule has 2 aromatic heterocycles. The summed E-state index contributed by atoms with van der Waals surface area (Å²) in [6.45, 7) is -5.57. The molecule has 0 radical (unpaired) electrons. The van der Waals surface area contributed by atoms with Crippen LogP contribution in [-0.4, -0.2) is 0 Å². The second kappa shape index (κ2) is 7.56. The molecule has 6 rings (SSSR count). The van der Waals surface area contributed by atoms with E-state index in [-0.39, 0.29) is 16.7 Å². The second-order valence-electron chi connectivity index (χ2n) is 8.73. The van der Waals surface area contributed by atoms with E-state index in [1.54, 1.807) is 61.1 Å². The molecule has 0 atom stereocenters. The number of nitrogens with zero attached hydrogens (tertiary/aromatic N) is 1. The maximum absolute atomic E-state index is 8.38. The molecule has 2 nitrogen and oxygen atoms in total. The molecule has 6 aromatic rings. The fraction of sp³-hybridized carbons (Fsp3) is 0.156. The average molecular weight is 452 g/mol. The molecular formula is C32H28NO+. The third kappa shape index (κ3) is 2.99. The quantitative estimate of drug-likeness (QED) is 0.243. The molecule has 0 aliphatic carbocycles. The standard InChI is InChI=1S/C32H28NO/c1-19-16-27-29-20(2)15-21(3)30(32(29)34-31(27)25-14-10-9-13-24(19)25)28-17-26(22(4)18-33(28)5)23-11-7-6-8-12-23/h6-18H,1-5H3/q+1/i1D3,2D3,4D3. The van der Waals surface area contributed by atoms with Crippen molar-refractivity contribution in [2.75, 3.05) is 0 Å². The van der Waals surface area contributed by atoms with Crippen molar-refractivity contribution in [2.45, 2.75) is 27.5 Å². The fourth-order valence-corrected chi connectivity index (χ4v) is 4.98. The van der Waals surface area contributed by atoms with Crippen LogP contribution in [0.1, 0.15) is 34.6 Å². The molecule has 0 spiro atoms. The van der Waals surface area contributed by atoms with Gasteiger partial charge in [-0.1, -0.05) is 60.7 Å². The van der Waals surface area contributed by atoms with Crippen molar-refractivity contribution in [3.8, 4) is 22.4 Å². The normalized spacial score (nSPS) is 16.7. The van der Waals surface area contributed by atoms with Crippen LogP contribution in [0.3, 0.4) is 0 Å². The molecule has 0 N–H and O–H groups in total. The lowest BCUT2D eigenvalue weighted by Crippen LogP contribution is -2.31. The molecular weight excluding hydrogens is 414 g/mol. The predicted octanol–water partition coefficient (Wildman–Crippen LogP) is 8.13. The third-order valence-electron chi connectivity index (χ3n) is 6.56.